The second-order valence-electron chi connectivity index (χ2n) is 8.14. The van der Waals surface area contributed by atoms with Gasteiger partial charge >= 0.3 is 0 Å². The summed E-state index contributed by atoms with van der Waals surface area (Å²) < 4.78 is 5.65. The van der Waals surface area contributed by atoms with E-state index in [0.29, 0.717) is 5.41 Å². The highest BCUT2D eigenvalue weighted by Crippen LogP contribution is 2.38. The van der Waals surface area contributed by atoms with Crippen molar-refractivity contribution in [2.24, 2.45) is 22.2 Å². The van der Waals surface area contributed by atoms with Crippen molar-refractivity contribution in [3.63, 3.8) is 0 Å². The van der Waals surface area contributed by atoms with Crippen molar-refractivity contribution in [3.05, 3.63) is 0 Å². The van der Waals surface area contributed by atoms with Gasteiger partial charge in [-0.2, -0.15) is 0 Å². The topological polar surface area (TPSA) is 36.9 Å². The lowest BCUT2D eigenvalue weighted by molar-refractivity contribution is 0.156. The number of likely N-dealkylation sites (tertiary alicyclic amines) is 1. The van der Waals surface area contributed by atoms with Gasteiger partial charge in [-0.3, -0.25) is 4.99 Å². The first-order chi connectivity index (χ1) is 11.2. The number of nitrogens with one attached hydrogen (secondary N) is 1. The highest BCUT2D eigenvalue weighted by molar-refractivity contribution is 14.0. The van der Waals surface area contributed by atoms with Crippen LogP contribution in [0.1, 0.15) is 58.8 Å². The van der Waals surface area contributed by atoms with Crippen LogP contribution in [0, 0.1) is 17.3 Å². The van der Waals surface area contributed by atoms with Crippen molar-refractivity contribution in [3.8, 4) is 0 Å². The number of hydrogen-bond donors (Lipinski definition) is 1. The molecule has 4 nitrogen and oxygen atoms in total. The van der Waals surface area contributed by atoms with E-state index in [1.165, 1.54) is 44.9 Å². The summed E-state index contributed by atoms with van der Waals surface area (Å²) >= 11 is 0. The Kier molecular flexibility index (Phi) is 8.11. The van der Waals surface area contributed by atoms with E-state index in [9.17, 15) is 0 Å². The summed E-state index contributed by atoms with van der Waals surface area (Å²) in [6, 6.07) is 0. The van der Waals surface area contributed by atoms with Gasteiger partial charge in [-0.05, 0) is 44.4 Å². The van der Waals surface area contributed by atoms with E-state index in [1.54, 1.807) is 0 Å². The molecule has 5 heteroatoms. The normalized spacial score (nSPS) is 33.8. The third kappa shape index (κ3) is 5.23. The molecule has 0 amide bonds. The molecule has 1 saturated carbocycles. The molecule has 0 aromatic rings. The van der Waals surface area contributed by atoms with Crippen LogP contribution in [0.25, 0.3) is 0 Å². The number of ether oxygens (including phenoxy) is 1. The zero-order valence-electron chi connectivity index (χ0n) is 15.6. The molecule has 2 aliphatic heterocycles. The van der Waals surface area contributed by atoms with Gasteiger partial charge in [0.1, 0.15) is 0 Å². The molecule has 3 rings (SSSR count). The Labute approximate surface area is 165 Å². The average molecular weight is 449 g/mol. The second-order valence-corrected chi connectivity index (χ2v) is 8.14. The van der Waals surface area contributed by atoms with Crippen molar-refractivity contribution < 1.29 is 4.74 Å². The molecule has 3 aliphatic rings. The number of nitrogens with zero attached hydrogens (tertiary/aromatic N) is 2. The summed E-state index contributed by atoms with van der Waals surface area (Å²) in [5.41, 5.74) is 0.412. The molecule has 0 radical (unpaired) electrons. The van der Waals surface area contributed by atoms with Crippen LogP contribution < -0.4 is 5.32 Å². The lowest BCUT2D eigenvalue weighted by atomic mass is 9.81. The zero-order chi connectivity index (χ0) is 16.1. The van der Waals surface area contributed by atoms with Crippen molar-refractivity contribution in [2.75, 3.05) is 39.4 Å². The first-order valence-electron chi connectivity index (χ1n) is 9.82. The minimum atomic E-state index is 0. The van der Waals surface area contributed by atoms with Gasteiger partial charge in [0, 0.05) is 38.2 Å². The van der Waals surface area contributed by atoms with E-state index in [4.69, 9.17) is 9.73 Å². The van der Waals surface area contributed by atoms with Gasteiger partial charge in [-0.15, -0.1) is 24.0 Å². The number of aliphatic imine (C=N–C) groups is 1. The molecule has 3 atom stereocenters. The fourth-order valence-corrected chi connectivity index (χ4v) is 4.69. The molecule has 1 aliphatic carbocycles. The predicted octanol–water partition coefficient (Wildman–Crippen LogP) is 3.90. The smallest absolute Gasteiger partial charge is 0.193 e. The maximum absolute atomic E-state index is 5.65. The predicted molar refractivity (Wildman–Crippen MR) is 111 cm³/mol. The van der Waals surface area contributed by atoms with Gasteiger partial charge in [0.05, 0.1) is 6.61 Å². The second kappa shape index (κ2) is 9.60. The van der Waals surface area contributed by atoms with Crippen LogP contribution in [-0.2, 0) is 4.74 Å². The van der Waals surface area contributed by atoms with Crippen molar-refractivity contribution in [2.45, 2.75) is 58.8 Å². The Hall–Kier alpha value is -0.0400. The fraction of sp³-hybridized carbons (Fsp3) is 0.947. The van der Waals surface area contributed by atoms with Gasteiger partial charge in [0.15, 0.2) is 5.96 Å². The maximum Gasteiger partial charge on any atom is 0.193 e. The van der Waals surface area contributed by atoms with Crippen LogP contribution in [0.3, 0.4) is 0 Å². The average Bonchev–Trinajstić information content (AvgIpc) is 3.17. The van der Waals surface area contributed by atoms with Gasteiger partial charge in [0.2, 0.25) is 0 Å². The summed E-state index contributed by atoms with van der Waals surface area (Å²) in [4.78, 5) is 7.43. The Balaban J connectivity index is 0.00000208. The summed E-state index contributed by atoms with van der Waals surface area (Å²) in [5, 5.41) is 3.51. The molecule has 2 saturated heterocycles. The van der Waals surface area contributed by atoms with Gasteiger partial charge < -0.3 is 15.0 Å². The number of guanidine groups is 1. The van der Waals surface area contributed by atoms with Crippen LogP contribution in [0.15, 0.2) is 4.99 Å². The van der Waals surface area contributed by atoms with Gasteiger partial charge in [-0.25, -0.2) is 0 Å². The van der Waals surface area contributed by atoms with Crippen LogP contribution in [0.2, 0.25) is 0 Å². The zero-order valence-corrected chi connectivity index (χ0v) is 17.9. The lowest BCUT2D eigenvalue weighted by Gasteiger charge is -2.27. The monoisotopic (exact) mass is 449 g/mol. The van der Waals surface area contributed by atoms with Crippen molar-refractivity contribution in [1.29, 1.82) is 0 Å². The molecule has 24 heavy (non-hydrogen) atoms. The highest BCUT2D eigenvalue weighted by Gasteiger charge is 2.42. The van der Waals surface area contributed by atoms with Crippen LogP contribution >= 0.6 is 24.0 Å². The Bertz CT molecular complexity index is 409. The Morgan fingerprint density at radius 1 is 1.33 bits per heavy atom. The fourth-order valence-electron chi connectivity index (χ4n) is 4.69. The summed E-state index contributed by atoms with van der Waals surface area (Å²) in [5.74, 6) is 2.96. The van der Waals surface area contributed by atoms with Crippen molar-refractivity contribution >= 4 is 29.9 Å². The molecular formula is C19H36IN3O. The molecule has 3 unspecified atom stereocenters. The standard InChI is InChI=1S/C19H35N3O.HI/c1-3-20-18(21-10-7-17-6-4-5-16(2)13-17)22-11-8-19(14-22)9-12-23-15-19;/h16-17H,3-15H2,1-2H3,(H,20,21);1H. The first-order valence-corrected chi connectivity index (χ1v) is 9.82. The number of hydrogen-bond acceptors (Lipinski definition) is 2. The van der Waals surface area contributed by atoms with Crippen molar-refractivity contribution in [1.82, 2.24) is 10.2 Å². The number of rotatable bonds is 4. The minimum Gasteiger partial charge on any atom is -0.381 e. The summed E-state index contributed by atoms with van der Waals surface area (Å²) in [6.07, 6.45) is 9.43. The molecule has 140 valence electrons. The molecule has 2 heterocycles. The SMILES string of the molecule is CCNC(=NCCC1CCCC(C)C1)N1CCC2(CCOC2)C1.I. The number of halogens is 1. The van der Waals surface area contributed by atoms with E-state index in [-0.39, 0.29) is 24.0 Å². The van der Waals surface area contributed by atoms with Crippen LogP contribution in [0.5, 0.6) is 0 Å². The molecule has 0 aromatic heterocycles. The lowest BCUT2D eigenvalue weighted by Crippen LogP contribution is -2.41. The van der Waals surface area contributed by atoms with Gasteiger partial charge in [0.25, 0.3) is 0 Å². The van der Waals surface area contributed by atoms with E-state index in [1.807, 2.05) is 0 Å². The molecule has 1 spiro atoms. The van der Waals surface area contributed by atoms with E-state index < -0.39 is 0 Å². The molecule has 0 bridgehead atoms. The molecule has 0 aromatic carbocycles. The minimum absolute atomic E-state index is 0. The van der Waals surface area contributed by atoms with Crippen LogP contribution in [0.4, 0.5) is 0 Å². The third-order valence-electron chi connectivity index (χ3n) is 6.10. The quantitative estimate of drug-likeness (QED) is 0.402. The molecule has 3 fully saturated rings. The maximum atomic E-state index is 5.65. The van der Waals surface area contributed by atoms with Gasteiger partial charge in [-0.1, -0.05) is 26.2 Å². The summed E-state index contributed by atoms with van der Waals surface area (Å²) in [6.45, 7) is 10.7. The molecular weight excluding hydrogens is 413 g/mol. The summed E-state index contributed by atoms with van der Waals surface area (Å²) in [7, 11) is 0. The van der Waals surface area contributed by atoms with E-state index >= 15 is 0 Å². The van der Waals surface area contributed by atoms with Crippen LogP contribution in [-0.4, -0.2) is 50.3 Å². The third-order valence-corrected chi connectivity index (χ3v) is 6.10. The van der Waals surface area contributed by atoms with E-state index in [2.05, 4.69) is 24.1 Å². The first kappa shape index (κ1) is 20.3. The molecule has 1 N–H and O–H groups in total. The highest BCUT2D eigenvalue weighted by atomic mass is 127. The van der Waals surface area contributed by atoms with E-state index in [0.717, 1.165) is 57.2 Å². The Morgan fingerprint density at radius 3 is 2.92 bits per heavy atom. The largest absolute Gasteiger partial charge is 0.381 e. The Morgan fingerprint density at radius 2 is 2.21 bits per heavy atom.